The molecule has 8 heteroatoms. The van der Waals surface area contributed by atoms with Gasteiger partial charge in [-0.25, -0.2) is 4.98 Å². The predicted molar refractivity (Wildman–Crippen MR) is 101 cm³/mol. The zero-order valence-corrected chi connectivity index (χ0v) is 15.4. The van der Waals surface area contributed by atoms with E-state index in [1.54, 1.807) is 22.8 Å². The maximum atomic E-state index is 12.3. The van der Waals surface area contributed by atoms with E-state index in [1.807, 2.05) is 0 Å². The molecular weight excluding hydrogens is 360 g/mol. The average molecular weight is 380 g/mol. The molecule has 0 bridgehead atoms. The van der Waals surface area contributed by atoms with Gasteiger partial charge in [0.1, 0.15) is 29.5 Å². The number of nitrogens with zero attached hydrogens (tertiary/aromatic N) is 2. The summed E-state index contributed by atoms with van der Waals surface area (Å²) in [4.78, 5) is 28.6. The van der Waals surface area contributed by atoms with Gasteiger partial charge in [-0.2, -0.15) is 0 Å². The van der Waals surface area contributed by atoms with Crippen molar-refractivity contribution in [2.45, 2.75) is 31.4 Å². The van der Waals surface area contributed by atoms with Crippen molar-refractivity contribution in [3.05, 3.63) is 35.2 Å². The van der Waals surface area contributed by atoms with E-state index < -0.39 is 17.4 Å². The number of nitrogens with two attached hydrogens (primary N) is 1. The van der Waals surface area contributed by atoms with Crippen molar-refractivity contribution in [3.8, 4) is 29.0 Å². The van der Waals surface area contributed by atoms with Crippen LogP contribution in [0.5, 0.6) is 5.75 Å². The standard InChI is InChI=1S/C20H20N4O4/c1-22-19(26)16-15(17(21)25)23-18-13-11-12(5-8-20(27)6-2-7-20)3-4-14(13)28-10-9-24(16)18/h3-4,11,27H,2,6-7,9-10H2,1H3,(H2,21,25)(H,22,26). The fourth-order valence-electron chi connectivity index (χ4n) is 3.38. The molecule has 1 saturated carbocycles. The number of aliphatic hydroxyl groups is 1. The Kier molecular flexibility index (Phi) is 4.32. The molecule has 1 aromatic heterocycles. The van der Waals surface area contributed by atoms with Crippen LogP contribution in [-0.4, -0.2) is 45.7 Å². The number of nitrogens with one attached hydrogen (secondary N) is 1. The molecule has 0 spiro atoms. The highest BCUT2D eigenvalue weighted by Gasteiger charge is 2.32. The Morgan fingerprint density at radius 2 is 2.18 bits per heavy atom. The molecule has 1 aliphatic heterocycles. The van der Waals surface area contributed by atoms with E-state index in [-0.39, 0.29) is 11.4 Å². The number of hydrogen-bond donors (Lipinski definition) is 3. The fraction of sp³-hybridized carbons (Fsp3) is 0.350. The van der Waals surface area contributed by atoms with Crippen LogP contribution >= 0.6 is 0 Å². The van der Waals surface area contributed by atoms with E-state index in [2.05, 4.69) is 22.1 Å². The lowest BCUT2D eigenvalue weighted by molar-refractivity contribution is 0.0239. The third-order valence-corrected chi connectivity index (χ3v) is 5.06. The predicted octanol–water partition coefficient (Wildman–Crippen LogP) is 0.667. The number of rotatable bonds is 2. The maximum Gasteiger partial charge on any atom is 0.270 e. The molecular formula is C20H20N4O4. The van der Waals surface area contributed by atoms with Crippen molar-refractivity contribution in [1.82, 2.24) is 14.9 Å². The molecule has 1 aliphatic carbocycles. The summed E-state index contributed by atoms with van der Waals surface area (Å²) in [5.41, 5.74) is 5.87. The van der Waals surface area contributed by atoms with Gasteiger partial charge in [0.15, 0.2) is 5.69 Å². The van der Waals surface area contributed by atoms with Gasteiger partial charge in [0.05, 0.1) is 12.1 Å². The Hall–Kier alpha value is -3.31. The van der Waals surface area contributed by atoms with Crippen LogP contribution in [-0.2, 0) is 6.54 Å². The second-order valence-electron chi connectivity index (χ2n) is 6.92. The Morgan fingerprint density at radius 3 is 2.82 bits per heavy atom. The lowest BCUT2D eigenvalue weighted by Gasteiger charge is -2.30. The zero-order chi connectivity index (χ0) is 19.9. The van der Waals surface area contributed by atoms with Crippen LogP contribution in [0.3, 0.4) is 0 Å². The quantitative estimate of drug-likeness (QED) is 0.662. The minimum absolute atomic E-state index is 0.0810. The highest BCUT2D eigenvalue weighted by Crippen LogP contribution is 2.35. The number of fused-ring (bicyclic) bond motifs is 3. The number of carbonyl (C=O) groups is 2. The normalized spacial score (nSPS) is 16.2. The number of amides is 2. The molecule has 1 fully saturated rings. The summed E-state index contributed by atoms with van der Waals surface area (Å²) in [6.07, 6.45) is 2.32. The Morgan fingerprint density at radius 1 is 1.39 bits per heavy atom. The number of aromatic nitrogens is 2. The molecule has 1 aromatic carbocycles. The molecule has 4 rings (SSSR count). The minimum Gasteiger partial charge on any atom is -0.491 e. The largest absolute Gasteiger partial charge is 0.491 e. The van der Waals surface area contributed by atoms with E-state index in [4.69, 9.17) is 10.5 Å². The number of ether oxygens (including phenoxy) is 1. The summed E-state index contributed by atoms with van der Waals surface area (Å²) >= 11 is 0. The first-order valence-electron chi connectivity index (χ1n) is 9.07. The first-order chi connectivity index (χ1) is 13.4. The van der Waals surface area contributed by atoms with Crippen LogP contribution in [0.4, 0.5) is 0 Å². The van der Waals surface area contributed by atoms with Gasteiger partial charge in [0, 0.05) is 12.6 Å². The molecule has 144 valence electrons. The number of benzene rings is 1. The average Bonchev–Trinajstić information content (AvgIpc) is 2.95. The van der Waals surface area contributed by atoms with Gasteiger partial charge in [0.2, 0.25) is 0 Å². The lowest BCUT2D eigenvalue weighted by atomic mass is 9.81. The van der Waals surface area contributed by atoms with Gasteiger partial charge < -0.3 is 25.5 Å². The van der Waals surface area contributed by atoms with Gasteiger partial charge in [-0.15, -0.1) is 0 Å². The molecule has 8 nitrogen and oxygen atoms in total. The van der Waals surface area contributed by atoms with E-state index >= 15 is 0 Å². The Balaban J connectivity index is 1.84. The van der Waals surface area contributed by atoms with Crippen LogP contribution in [0.15, 0.2) is 18.2 Å². The number of primary amides is 1. The summed E-state index contributed by atoms with van der Waals surface area (Å²) in [7, 11) is 1.48. The topological polar surface area (TPSA) is 119 Å². The summed E-state index contributed by atoms with van der Waals surface area (Å²) in [5, 5.41) is 12.7. The lowest BCUT2D eigenvalue weighted by Crippen LogP contribution is -2.34. The first kappa shape index (κ1) is 18.1. The number of imidazole rings is 1. The van der Waals surface area contributed by atoms with Crippen LogP contribution in [0.1, 0.15) is 45.8 Å². The molecule has 2 amide bonds. The van der Waals surface area contributed by atoms with Crippen molar-refractivity contribution < 1.29 is 19.4 Å². The number of hydrogen-bond acceptors (Lipinski definition) is 5. The smallest absolute Gasteiger partial charge is 0.270 e. The molecule has 0 radical (unpaired) electrons. The van der Waals surface area contributed by atoms with Gasteiger partial charge in [-0.1, -0.05) is 11.8 Å². The summed E-state index contributed by atoms with van der Waals surface area (Å²) in [6, 6.07) is 5.37. The highest BCUT2D eigenvalue weighted by molar-refractivity contribution is 6.05. The molecule has 0 atom stereocenters. The molecule has 4 N–H and O–H groups in total. The molecule has 2 aliphatic rings. The van der Waals surface area contributed by atoms with Crippen LogP contribution < -0.4 is 15.8 Å². The van der Waals surface area contributed by atoms with Gasteiger partial charge in [-0.3, -0.25) is 9.59 Å². The molecule has 2 heterocycles. The van der Waals surface area contributed by atoms with Crippen LogP contribution in [0.25, 0.3) is 11.4 Å². The van der Waals surface area contributed by atoms with Crippen LogP contribution in [0, 0.1) is 11.8 Å². The highest BCUT2D eigenvalue weighted by atomic mass is 16.5. The fourth-order valence-corrected chi connectivity index (χ4v) is 3.38. The molecule has 28 heavy (non-hydrogen) atoms. The van der Waals surface area contributed by atoms with Crippen molar-refractivity contribution in [2.24, 2.45) is 5.73 Å². The summed E-state index contributed by atoms with van der Waals surface area (Å²) < 4.78 is 7.42. The second kappa shape index (κ2) is 6.69. The Bertz CT molecular complexity index is 1040. The third-order valence-electron chi connectivity index (χ3n) is 5.06. The van der Waals surface area contributed by atoms with E-state index in [0.717, 1.165) is 6.42 Å². The first-order valence-corrected chi connectivity index (χ1v) is 9.07. The molecule has 0 unspecified atom stereocenters. The Labute approximate surface area is 161 Å². The zero-order valence-electron chi connectivity index (χ0n) is 15.4. The van der Waals surface area contributed by atoms with Gasteiger partial charge >= 0.3 is 0 Å². The summed E-state index contributed by atoms with van der Waals surface area (Å²) in [5.74, 6) is 5.71. The van der Waals surface area contributed by atoms with E-state index in [9.17, 15) is 14.7 Å². The van der Waals surface area contributed by atoms with Crippen LogP contribution in [0.2, 0.25) is 0 Å². The molecule has 0 saturated heterocycles. The van der Waals surface area contributed by atoms with Crippen molar-refractivity contribution in [3.63, 3.8) is 0 Å². The monoisotopic (exact) mass is 380 g/mol. The maximum absolute atomic E-state index is 12.3. The SMILES string of the molecule is CNC(=O)c1c(C(N)=O)nc2n1CCOc1ccc(C#CC3(O)CCC3)cc1-2. The van der Waals surface area contributed by atoms with E-state index in [0.29, 0.717) is 48.7 Å². The van der Waals surface area contributed by atoms with Crippen molar-refractivity contribution in [2.75, 3.05) is 13.7 Å². The summed E-state index contributed by atoms with van der Waals surface area (Å²) in [6.45, 7) is 0.650. The third kappa shape index (κ3) is 3.00. The van der Waals surface area contributed by atoms with E-state index in [1.165, 1.54) is 7.05 Å². The van der Waals surface area contributed by atoms with Gasteiger partial charge in [0.25, 0.3) is 11.8 Å². The minimum atomic E-state index is -0.909. The van der Waals surface area contributed by atoms with Crippen molar-refractivity contribution >= 4 is 11.8 Å². The van der Waals surface area contributed by atoms with Crippen molar-refractivity contribution in [1.29, 1.82) is 0 Å². The van der Waals surface area contributed by atoms with Gasteiger partial charge in [-0.05, 0) is 37.5 Å². The molecule has 2 aromatic rings. The second-order valence-corrected chi connectivity index (χ2v) is 6.92. The number of carbonyl (C=O) groups excluding carboxylic acids is 2.